The molecule has 1 amide bonds. The molecular formula is C12H6Cl2FN5O. The van der Waals surface area contributed by atoms with Crippen molar-refractivity contribution in [2.24, 2.45) is 0 Å². The number of rotatable bonds is 2. The van der Waals surface area contributed by atoms with Crippen molar-refractivity contribution in [1.29, 1.82) is 0 Å². The van der Waals surface area contributed by atoms with E-state index in [-0.39, 0.29) is 27.3 Å². The first-order valence-corrected chi connectivity index (χ1v) is 6.44. The van der Waals surface area contributed by atoms with E-state index in [4.69, 9.17) is 23.2 Å². The Labute approximate surface area is 127 Å². The monoisotopic (exact) mass is 325 g/mol. The van der Waals surface area contributed by atoms with Crippen LogP contribution in [-0.4, -0.2) is 25.8 Å². The molecule has 0 saturated carbocycles. The summed E-state index contributed by atoms with van der Waals surface area (Å²) in [5, 5.41) is 2.41. The first-order valence-electron chi connectivity index (χ1n) is 5.68. The van der Waals surface area contributed by atoms with Crippen molar-refractivity contribution in [1.82, 2.24) is 19.9 Å². The van der Waals surface area contributed by atoms with Gasteiger partial charge in [-0.1, -0.05) is 29.3 Å². The summed E-state index contributed by atoms with van der Waals surface area (Å²) in [5.74, 6) is -1.61. The summed E-state index contributed by atoms with van der Waals surface area (Å²) in [5.41, 5.74) is 0.435. The lowest BCUT2D eigenvalue weighted by Gasteiger charge is -2.06. The van der Waals surface area contributed by atoms with Crippen LogP contribution in [0.3, 0.4) is 0 Å². The van der Waals surface area contributed by atoms with Crippen LogP contribution in [0.15, 0.2) is 24.5 Å². The highest BCUT2D eigenvalue weighted by Gasteiger charge is 2.18. The third-order valence-corrected chi connectivity index (χ3v) is 3.25. The van der Waals surface area contributed by atoms with Gasteiger partial charge in [0.1, 0.15) is 11.3 Å². The average molecular weight is 326 g/mol. The molecule has 0 fully saturated rings. The normalized spacial score (nSPS) is 10.8. The fourth-order valence-corrected chi connectivity index (χ4v) is 2.20. The highest BCUT2D eigenvalue weighted by Crippen LogP contribution is 2.22. The Balaban J connectivity index is 1.96. The second-order valence-electron chi connectivity index (χ2n) is 3.99. The summed E-state index contributed by atoms with van der Waals surface area (Å²) in [6.07, 6.45) is 1.39. The lowest BCUT2D eigenvalue weighted by Crippen LogP contribution is -2.16. The minimum atomic E-state index is -0.774. The molecule has 1 aromatic carbocycles. The maximum atomic E-state index is 13.7. The van der Waals surface area contributed by atoms with Crippen LogP contribution in [0, 0.1) is 5.82 Å². The van der Waals surface area contributed by atoms with Gasteiger partial charge in [0, 0.05) is 0 Å². The van der Waals surface area contributed by atoms with E-state index in [1.165, 1.54) is 18.5 Å². The van der Waals surface area contributed by atoms with Crippen molar-refractivity contribution in [3.63, 3.8) is 0 Å². The number of halogens is 3. The molecule has 0 bridgehead atoms. The van der Waals surface area contributed by atoms with Crippen LogP contribution in [-0.2, 0) is 0 Å². The van der Waals surface area contributed by atoms with Gasteiger partial charge in [0.05, 0.1) is 16.9 Å². The molecule has 9 heteroatoms. The molecular weight excluding hydrogens is 320 g/mol. The van der Waals surface area contributed by atoms with E-state index in [0.29, 0.717) is 5.52 Å². The van der Waals surface area contributed by atoms with E-state index in [1.54, 1.807) is 0 Å². The SMILES string of the molecule is O=C(Nc1nc(Cl)c2[nH]cnc2n1)c1c(F)cccc1Cl. The zero-order chi connectivity index (χ0) is 15.0. The quantitative estimate of drug-likeness (QED) is 0.709. The van der Waals surface area contributed by atoms with Crippen LogP contribution >= 0.6 is 23.2 Å². The predicted octanol–water partition coefficient (Wildman–Crippen LogP) is 3.05. The van der Waals surface area contributed by atoms with Crippen molar-refractivity contribution in [2.45, 2.75) is 0 Å². The Hall–Kier alpha value is -2.25. The minimum Gasteiger partial charge on any atom is -0.341 e. The molecule has 3 rings (SSSR count). The van der Waals surface area contributed by atoms with Crippen LogP contribution in [0.1, 0.15) is 10.4 Å². The Bertz CT molecular complexity index is 831. The summed E-state index contributed by atoms with van der Waals surface area (Å²) >= 11 is 11.7. The number of fused-ring (bicyclic) bond motifs is 1. The first-order chi connectivity index (χ1) is 10.1. The number of hydrogen-bond donors (Lipinski definition) is 2. The Morgan fingerprint density at radius 1 is 1.29 bits per heavy atom. The highest BCUT2D eigenvalue weighted by atomic mass is 35.5. The van der Waals surface area contributed by atoms with Crippen molar-refractivity contribution in [3.8, 4) is 0 Å². The van der Waals surface area contributed by atoms with Crippen LogP contribution in [0.4, 0.5) is 10.3 Å². The lowest BCUT2D eigenvalue weighted by atomic mass is 10.2. The number of carbonyl (C=O) groups is 1. The van der Waals surface area contributed by atoms with E-state index in [2.05, 4.69) is 25.3 Å². The topological polar surface area (TPSA) is 83.6 Å². The van der Waals surface area contributed by atoms with Crippen molar-refractivity contribution in [2.75, 3.05) is 5.32 Å². The number of aromatic amines is 1. The molecule has 0 spiro atoms. The van der Waals surface area contributed by atoms with Gasteiger partial charge in [0.2, 0.25) is 5.95 Å². The molecule has 2 aromatic heterocycles. The highest BCUT2D eigenvalue weighted by molar-refractivity contribution is 6.34. The van der Waals surface area contributed by atoms with E-state index < -0.39 is 11.7 Å². The number of benzene rings is 1. The van der Waals surface area contributed by atoms with Gasteiger partial charge in [0.25, 0.3) is 5.91 Å². The van der Waals surface area contributed by atoms with Crippen LogP contribution in [0.25, 0.3) is 11.2 Å². The number of nitrogens with zero attached hydrogens (tertiary/aromatic N) is 3. The number of aromatic nitrogens is 4. The largest absolute Gasteiger partial charge is 0.341 e. The van der Waals surface area contributed by atoms with Crippen molar-refractivity contribution < 1.29 is 9.18 Å². The molecule has 0 saturated heterocycles. The van der Waals surface area contributed by atoms with E-state index in [9.17, 15) is 9.18 Å². The van der Waals surface area contributed by atoms with Crippen LogP contribution in [0.5, 0.6) is 0 Å². The smallest absolute Gasteiger partial charge is 0.262 e. The first kappa shape index (κ1) is 13.7. The summed E-state index contributed by atoms with van der Waals surface area (Å²) in [7, 11) is 0. The second kappa shape index (κ2) is 5.27. The second-order valence-corrected chi connectivity index (χ2v) is 4.76. The molecule has 0 aliphatic carbocycles. The molecule has 21 heavy (non-hydrogen) atoms. The summed E-state index contributed by atoms with van der Waals surface area (Å²) in [6.45, 7) is 0. The van der Waals surface area contributed by atoms with Gasteiger partial charge in [-0.2, -0.15) is 9.97 Å². The van der Waals surface area contributed by atoms with Crippen molar-refractivity contribution >= 4 is 46.2 Å². The van der Waals surface area contributed by atoms with Gasteiger partial charge in [-0.15, -0.1) is 0 Å². The number of carbonyl (C=O) groups excluding carboxylic acids is 1. The Morgan fingerprint density at radius 3 is 2.86 bits per heavy atom. The van der Waals surface area contributed by atoms with Crippen molar-refractivity contribution in [3.05, 3.63) is 46.1 Å². The molecule has 0 unspecified atom stereocenters. The molecule has 0 radical (unpaired) electrons. The van der Waals surface area contributed by atoms with E-state index in [0.717, 1.165) is 6.07 Å². The molecule has 106 valence electrons. The molecule has 6 nitrogen and oxygen atoms in total. The van der Waals surface area contributed by atoms with Gasteiger partial charge in [-0.05, 0) is 12.1 Å². The van der Waals surface area contributed by atoms with Gasteiger partial charge in [-0.3, -0.25) is 10.1 Å². The van der Waals surface area contributed by atoms with Gasteiger partial charge in [-0.25, -0.2) is 9.37 Å². The molecule has 2 N–H and O–H groups in total. The maximum Gasteiger partial charge on any atom is 0.262 e. The summed E-state index contributed by atoms with van der Waals surface area (Å²) in [4.78, 5) is 26.6. The molecule has 0 aliphatic heterocycles. The molecule has 0 atom stereocenters. The Morgan fingerprint density at radius 2 is 2.10 bits per heavy atom. The van der Waals surface area contributed by atoms with E-state index >= 15 is 0 Å². The zero-order valence-electron chi connectivity index (χ0n) is 10.2. The van der Waals surface area contributed by atoms with Crippen LogP contribution in [0.2, 0.25) is 10.2 Å². The third kappa shape index (κ3) is 2.53. The third-order valence-electron chi connectivity index (χ3n) is 2.66. The average Bonchev–Trinajstić information content (AvgIpc) is 2.87. The summed E-state index contributed by atoms with van der Waals surface area (Å²) in [6, 6.07) is 3.94. The number of nitrogens with one attached hydrogen (secondary N) is 2. The lowest BCUT2D eigenvalue weighted by molar-refractivity contribution is 0.102. The predicted molar refractivity (Wildman–Crippen MR) is 76.1 cm³/mol. The maximum absolute atomic E-state index is 13.7. The molecule has 2 heterocycles. The number of hydrogen-bond acceptors (Lipinski definition) is 4. The molecule has 0 aliphatic rings. The van der Waals surface area contributed by atoms with Crippen LogP contribution < -0.4 is 5.32 Å². The number of H-pyrrole nitrogens is 1. The van der Waals surface area contributed by atoms with Gasteiger partial charge < -0.3 is 4.98 Å². The fraction of sp³-hybridized carbons (Fsp3) is 0. The molecule has 3 aromatic rings. The number of anilines is 1. The Kier molecular flexibility index (Phi) is 3.44. The number of amides is 1. The van der Waals surface area contributed by atoms with Gasteiger partial charge >= 0.3 is 0 Å². The van der Waals surface area contributed by atoms with E-state index in [1.807, 2.05) is 0 Å². The number of imidazole rings is 1. The summed E-state index contributed by atoms with van der Waals surface area (Å²) < 4.78 is 13.7. The standard InChI is InChI=1S/C12H6Cl2FN5O/c13-5-2-1-3-6(15)7(5)11(21)20-12-18-9(14)8-10(19-12)17-4-16-8/h1-4H,(H2,16,17,18,19,20,21). The fourth-order valence-electron chi connectivity index (χ4n) is 1.73. The van der Waals surface area contributed by atoms with Gasteiger partial charge in [0.15, 0.2) is 10.8 Å². The zero-order valence-corrected chi connectivity index (χ0v) is 11.7. The minimum absolute atomic E-state index is 0.0144.